The second-order valence-electron chi connectivity index (χ2n) is 8.57. The molecule has 33 heavy (non-hydrogen) atoms. The summed E-state index contributed by atoms with van der Waals surface area (Å²) in [4.78, 5) is 37.7. The number of likely N-dealkylation sites (tertiary alicyclic amines) is 1. The van der Waals surface area contributed by atoms with E-state index in [9.17, 15) is 24.6 Å². The molecule has 2 aliphatic rings. The number of benzene rings is 2. The number of aliphatic hydroxyl groups is 1. The van der Waals surface area contributed by atoms with Crippen molar-refractivity contribution in [2.24, 2.45) is 0 Å². The van der Waals surface area contributed by atoms with E-state index in [2.05, 4.69) is 17.4 Å². The maximum atomic E-state index is 12.7. The molecule has 0 spiro atoms. The number of aliphatic hydroxyl groups excluding tert-OH is 1. The SMILES string of the molecule is CCC(CC(=O)N1C[C@H](O)C[C@@H]1C(=O)O)NC(=O)OCC1c2ccccc2-c2ccccc21. The topological polar surface area (TPSA) is 116 Å². The Labute approximate surface area is 192 Å². The molecule has 3 atom stereocenters. The number of carbonyl (C=O) groups is 3. The summed E-state index contributed by atoms with van der Waals surface area (Å²) < 4.78 is 5.55. The molecule has 1 heterocycles. The summed E-state index contributed by atoms with van der Waals surface area (Å²) in [6.45, 7) is 1.98. The molecule has 8 heteroatoms. The minimum Gasteiger partial charge on any atom is -0.480 e. The zero-order valence-electron chi connectivity index (χ0n) is 18.4. The summed E-state index contributed by atoms with van der Waals surface area (Å²) >= 11 is 0. The van der Waals surface area contributed by atoms with Gasteiger partial charge >= 0.3 is 12.1 Å². The van der Waals surface area contributed by atoms with Gasteiger partial charge in [-0.3, -0.25) is 4.79 Å². The van der Waals surface area contributed by atoms with Gasteiger partial charge in [-0.2, -0.15) is 0 Å². The van der Waals surface area contributed by atoms with E-state index in [0.717, 1.165) is 22.3 Å². The van der Waals surface area contributed by atoms with Crippen LogP contribution >= 0.6 is 0 Å². The van der Waals surface area contributed by atoms with Crippen LogP contribution in [0, 0.1) is 0 Å². The van der Waals surface area contributed by atoms with Gasteiger partial charge in [0.2, 0.25) is 5.91 Å². The molecular weight excluding hydrogens is 424 g/mol. The van der Waals surface area contributed by atoms with Gasteiger partial charge in [0.1, 0.15) is 12.6 Å². The van der Waals surface area contributed by atoms with Gasteiger partial charge in [-0.15, -0.1) is 0 Å². The number of ether oxygens (including phenoxy) is 1. The van der Waals surface area contributed by atoms with Crippen LogP contribution in [0.25, 0.3) is 11.1 Å². The van der Waals surface area contributed by atoms with E-state index < -0.39 is 36.2 Å². The van der Waals surface area contributed by atoms with Crippen molar-refractivity contribution < 1.29 is 29.3 Å². The van der Waals surface area contributed by atoms with Gasteiger partial charge in [-0.1, -0.05) is 55.5 Å². The predicted molar refractivity (Wildman–Crippen MR) is 121 cm³/mol. The Morgan fingerprint density at radius 1 is 1.09 bits per heavy atom. The zero-order valence-corrected chi connectivity index (χ0v) is 18.4. The van der Waals surface area contributed by atoms with Gasteiger partial charge in [-0.05, 0) is 28.7 Å². The van der Waals surface area contributed by atoms with Gasteiger partial charge in [0.25, 0.3) is 0 Å². The molecule has 2 amide bonds. The fourth-order valence-electron chi connectivity index (χ4n) is 4.76. The average molecular weight is 453 g/mol. The molecule has 1 fully saturated rings. The molecule has 0 radical (unpaired) electrons. The van der Waals surface area contributed by atoms with Crippen LogP contribution in [-0.2, 0) is 14.3 Å². The fraction of sp³-hybridized carbons (Fsp3) is 0.400. The summed E-state index contributed by atoms with van der Waals surface area (Å²) in [5, 5.41) is 21.8. The minimum atomic E-state index is -1.14. The Morgan fingerprint density at radius 2 is 1.70 bits per heavy atom. The number of hydrogen-bond acceptors (Lipinski definition) is 5. The number of hydrogen-bond donors (Lipinski definition) is 3. The highest BCUT2D eigenvalue weighted by Gasteiger charge is 2.39. The maximum Gasteiger partial charge on any atom is 0.407 e. The second-order valence-corrected chi connectivity index (χ2v) is 8.57. The van der Waals surface area contributed by atoms with Crippen molar-refractivity contribution >= 4 is 18.0 Å². The van der Waals surface area contributed by atoms with Crippen LogP contribution in [-0.4, -0.2) is 64.4 Å². The number of carboxylic acid groups (broad SMARTS) is 1. The first-order valence-corrected chi connectivity index (χ1v) is 11.2. The largest absolute Gasteiger partial charge is 0.480 e. The number of aliphatic carboxylic acids is 1. The van der Waals surface area contributed by atoms with Crippen LogP contribution in [0.5, 0.6) is 0 Å². The molecule has 1 aliphatic carbocycles. The number of β-amino-alcohol motifs (C(OH)–C–C–N with tert-alkyl or cyclic N) is 1. The van der Waals surface area contributed by atoms with Crippen molar-refractivity contribution in [3.05, 3.63) is 59.7 Å². The normalized spacial score (nSPS) is 20.1. The van der Waals surface area contributed by atoms with E-state index in [-0.39, 0.29) is 31.9 Å². The van der Waals surface area contributed by atoms with E-state index >= 15 is 0 Å². The van der Waals surface area contributed by atoms with E-state index in [1.54, 1.807) is 0 Å². The monoisotopic (exact) mass is 452 g/mol. The van der Waals surface area contributed by atoms with Crippen LogP contribution < -0.4 is 5.32 Å². The third-order valence-electron chi connectivity index (χ3n) is 6.46. The summed E-state index contributed by atoms with van der Waals surface area (Å²) in [6, 6.07) is 14.6. The highest BCUT2D eigenvalue weighted by atomic mass is 16.5. The lowest BCUT2D eigenvalue weighted by Crippen LogP contribution is -2.44. The molecule has 2 aromatic rings. The van der Waals surface area contributed by atoms with Crippen molar-refractivity contribution in [1.82, 2.24) is 10.2 Å². The molecule has 1 aliphatic heterocycles. The number of amides is 2. The van der Waals surface area contributed by atoms with Crippen molar-refractivity contribution in [2.45, 2.75) is 50.3 Å². The number of nitrogens with one attached hydrogen (secondary N) is 1. The number of nitrogens with zero attached hydrogens (tertiary/aromatic N) is 1. The van der Waals surface area contributed by atoms with Gasteiger partial charge in [-0.25, -0.2) is 9.59 Å². The summed E-state index contributed by atoms with van der Waals surface area (Å²) in [5.41, 5.74) is 4.50. The minimum absolute atomic E-state index is 0.0116. The maximum absolute atomic E-state index is 12.7. The van der Waals surface area contributed by atoms with Crippen LogP contribution in [0.4, 0.5) is 4.79 Å². The van der Waals surface area contributed by atoms with E-state index in [4.69, 9.17) is 4.74 Å². The number of carbonyl (C=O) groups excluding carboxylic acids is 2. The Bertz CT molecular complexity index is 1010. The molecule has 4 rings (SSSR count). The molecule has 0 bridgehead atoms. The van der Waals surface area contributed by atoms with Crippen LogP contribution in [0.15, 0.2) is 48.5 Å². The smallest absolute Gasteiger partial charge is 0.407 e. The molecule has 2 aromatic carbocycles. The zero-order chi connectivity index (χ0) is 23.5. The standard InChI is InChI=1S/C25H28N2O6/c1-2-15(11-23(29)27-13-16(28)12-22(27)24(30)31)26-25(32)33-14-21-19-9-5-3-7-17(19)18-8-4-6-10-20(18)21/h3-10,15-16,21-22,28H,2,11-14H2,1H3,(H,26,32)(H,30,31)/t15?,16-,22-/m1/s1. The lowest BCUT2D eigenvalue weighted by atomic mass is 9.98. The molecule has 0 aromatic heterocycles. The van der Waals surface area contributed by atoms with Gasteiger partial charge in [0.15, 0.2) is 0 Å². The van der Waals surface area contributed by atoms with Crippen molar-refractivity contribution in [2.75, 3.05) is 13.2 Å². The van der Waals surface area contributed by atoms with Crippen molar-refractivity contribution in [3.63, 3.8) is 0 Å². The summed E-state index contributed by atoms with van der Waals surface area (Å²) in [7, 11) is 0. The number of alkyl carbamates (subject to hydrolysis) is 1. The Hall–Kier alpha value is -3.39. The van der Waals surface area contributed by atoms with Crippen LogP contribution in [0.2, 0.25) is 0 Å². The van der Waals surface area contributed by atoms with Crippen molar-refractivity contribution in [3.8, 4) is 11.1 Å². The number of carboxylic acids is 1. The quantitative estimate of drug-likeness (QED) is 0.595. The molecule has 8 nitrogen and oxygen atoms in total. The van der Waals surface area contributed by atoms with Crippen LogP contribution in [0.1, 0.15) is 43.2 Å². The van der Waals surface area contributed by atoms with E-state index in [0.29, 0.717) is 6.42 Å². The van der Waals surface area contributed by atoms with E-state index in [1.807, 2.05) is 43.3 Å². The summed E-state index contributed by atoms with van der Waals surface area (Å²) in [5.74, 6) is -1.62. The lowest BCUT2D eigenvalue weighted by molar-refractivity contribution is -0.148. The fourth-order valence-corrected chi connectivity index (χ4v) is 4.76. The molecule has 1 saturated heterocycles. The molecule has 3 N–H and O–H groups in total. The van der Waals surface area contributed by atoms with Crippen LogP contribution in [0.3, 0.4) is 0 Å². The highest BCUT2D eigenvalue weighted by molar-refractivity contribution is 5.85. The first-order chi connectivity index (χ1) is 15.9. The van der Waals surface area contributed by atoms with Gasteiger partial charge < -0.3 is 25.2 Å². The average Bonchev–Trinajstić information content (AvgIpc) is 3.35. The van der Waals surface area contributed by atoms with Gasteiger partial charge in [0.05, 0.1) is 6.10 Å². The first-order valence-electron chi connectivity index (χ1n) is 11.2. The lowest BCUT2D eigenvalue weighted by Gasteiger charge is -2.24. The molecule has 174 valence electrons. The number of rotatable bonds is 7. The number of fused-ring (bicyclic) bond motifs is 3. The first kappa shape index (κ1) is 22.8. The molecular formula is C25H28N2O6. The third kappa shape index (κ3) is 4.71. The Kier molecular flexibility index (Phi) is 6.65. The Morgan fingerprint density at radius 3 is 2.27 bits per heavy atom. The van der Waals surface area contributed by atoms with Gasteiger partial charge in [0, 0.05) is 31.3 Å². The predicted octanol–water partition coefficient (Wildman–Crippen LogP) is 2.74. The highest BCUT2D eigenvalue weighted by Crippen LogP contribution is 2.44. The van der Waals surface area contributed by atoms with E-state index in [1.165, 1.54) is 4.90 Å². The molecule has 1 unspecified atom stereocenters. The Balaban J connectivity index is 1.36. The summed E-state index contributed by atoms with van der Waals surface area (Å²) in [6.07, 6.45) is -1.04. The second kappa shape index (κ2) is 9.62. The third-order valence-corrected chi connectivity index (χ3v) is 6.46. The molecule has 0 saturated carbocycles. The van der Waals surface area contributed by atoms with Crippen molar-refractivity contribution in [1.29, 1.82) is 0 Å².